The molecule has 0 radical (unpaired) electrons. The molecule has 0 unspecified atom stereocenters. The van der Waals surface area contributed by atoms with E-state index in [1.165, 1.54) is 25.7 Å². The molecule has 3 nitrogen and oxygen atoms in total. The summed E-state index contributed by atoms with van der Waals surface area (Å²) in [5.41, 5.74) is 0.394. The highest BCUT2D eigenvalue weighted by Crippen LogP contribution is 2.48. The van der Waals surface area contributed by atoms with E-state index < -0.39 is 11.4 Å². The predicted octanol–water partition coefficient (Wildman–Crippen LogP) is 2.21. The molecule has 0 bridgehead atoms. The molecule has 1 saturated heterocycles. The van der Waals surface area contributed by atoms with Gasteiger partial charge in [-0.2, -0.15) is 0 Å². The predicted molar refractivity (Wildman–Crippen MR) is 77.8 cm³/mol. The molecule has 2 aliphatic rings. The summed E-state index contributed by atoms with van der Waals surface area (Å²) in [4.78, 5) is 0. The van der Waals surface area contributed by atoms with Crippen molar-refractivity contribution in [3.63, 3.8) is 0 Å². The maximum Gasteiger partial charge on any atom is 0.136 e. The summed E-state index contributed by atoms with van der Waals surface area (Å²) in [6.07, 6.45) is 5.04. The molecule has 1 heterocycles. The van der Waals surface area contributed by atoms with E-state index in [-0.39, 0.29) is 4.75 Å². The molecule has 4 heteroatoms. The average Bonchev–Trinajstić information content (AvgIpc) is 2.58. The molecule has 106 valence electrons. The third-order valence-electron chi connectivity index (χ3n) is 4.72. The van der Waals surface area contributed by atoms with Gasteiger partial charge in [0, 0.05) is 11.4 Å². The second-order valence-electron chi connectivity index (χ2n) is 7.10. The van der Waals surface area contributed by atoms with Crippen molar-refractivity contribution in [1.29, 1.82) is 0 Å². The van der Waals surface area contributed by atoms with Gasteiger partial charge >= 0.3 is 0 Å². The summed E-state index contributed by atoms with van der Waals surface area (Å²) < 4.78 is 15.7. The van der Waals surface area contributed by atoms with Gasteiger partial charge in [-0.05, 0) is 70.9 Å². The van der Waals surface area contributed by atoms with E-state index in [1.54, 1.807) is 0 Å². The summed E-state index contributed by atoms with van der Waals surface area (Å²) >= 11 is -0.946. The molecular formula is C14H28N2OS. The molecule has 0 aromatic rings. The van der Waals surface area contributed by atoms with Crippen LogP contribution in [0.15, 0.2) is 0 Å². The fraction of sp³-hybridized carbons (Fsp3) is 1.00. The summed E-state index contributed by atoms with van der Waals surface area (Å²) in [5, 5.41) is 3.45. The van der Waals surface area contributed by atoms with Crippen LogP contribution in [-0.4, -0.2) is 28.4 Å². The molecule has 2 N–H and O–H groups in total. The number of hydrogen-bond donors (Lipinski definition) is 2. The van der Waals surface area contributed by atoms with E-state index in [9.17, 15) is 4.55 Å². The Bertz CT molecular complexity index is 278. The van der Waals surface area contributed by atoms with E-state index >= 15 is 0 Å². The first-order valence-corrected chi connectivity index (χ1v) is 8.39. The first kappa shape index (κ1) is 14.6. The first-order valence-electron chi connectivity index (χ1n) is 7.24. The van der Waals surface area contributed by atoms with Crippen molar-refractivity contribution in [2.24, 2.45) is 11.3 Å². The summed E-state index contributed by atoms with van der Waals surface area (Å²) in [7, 11) is 0. The largest absolute Gasteiger partial charge is 0.598 e. The monoisotopic (exact) mass is 272 g/mol. The Morgan fingerprint density at radius 3 is 2.39 bits per heavy atom. The molecule has 3 atom stereocenters. The van der Waals surface area contributed by atoms with Crippen LogP contribution in [0.3, 0.4) is 0 Å². The second-order valence-corrected chi connectivity index (χ2v) is 9.10. The minimum absolute atomic E-state index is 0.170. The van der Waals surface area contributed by atoms with Gasteiger partial charge in [-0.25, -0.2) is 0 Å². The summed E-state index contributed by atoms with van der Waals surface area (Å²) in [5.74, 6) is 0.648. The Labute approximate surface area is 115 Å². The van der Waals surface area contributed by atoms with Crippen LogP contribution in [0.2, 0.25) is 0 Å². The molecule has 1 spiro atoms. The van der Waals surface area contributed by atoms with E-state index in [0.717, 1.165) is 13.1 Å². The van der Waals surface area contributed by atoms with Gasteiger partial charge in [-0.1, -0.05) is 6.92 Å². The van der Waals surface area contributed by atoms with E-state index in [1.807, 2.05) is 20.8 Å². The van der Waals surface area contributed by atoms with Gasteiger partial charge in [0.05, 0.1) is 6.04 Å². The van der Waals surface area contributed by atoms with E-state index in [2.05, 4.69) is 17.0 Å². The van der Waals surface area contributed by atoms with Crippen LogP contribution >= 0.6 is 0 Å². The molecule has 1 aliphatic heterocycles. The molecule has 18 heavy (non-hydrogen) atoms. The smallest absolute Gasteiger partial charge is 0.136 e. The third kappa shape index (κ3) is 2.87. The zero-order chi connectivity index (χ0) is 13.4. The van der Waals surface area contributed by atoms with Crippen LogP contribution in [0.4, 0.5) is 0 Å². The van der Waals surface area contributed by atoms with Crippen molar-refractivity contribution in [3.05, 3.63) is 0 Å². The van der Waals surface area contributed by atoms with Crippen molar-refractivity contribution in [3.8, 4) is 0 Å². The molecule has 0 amide bonds. The SMILES string of the molecule is C[C@@H]1CCC2(CCNCC2)[C@@H]1N[S@+]([O-])C(C)(C)C. The van der Waals surface area contributed by atoms with E-state index in [4.69, 9.17) is 0 Å². The average molecular weight is 272 g/mol. The van der Waals surface area contributed by atoms with Gasteiger partial charge in [0.15, 0.2) is 0 Å². The zero-order valence-corrected chi connectivity index (χ0v) is 13.0. The molecule has 2 fully saturated rings. The highest BCUT2D eigenvalue weighted by atomic mass is 32.2. The quantitative estimate of drug-likeness (QED) is 0.758. The number of rotatable bonds is 2. The normalized spacial score (nSPS) is 33.8. The van der Waals surface area contributed by atoms with Crippen molar-refractivity contribution in [2.45, 2.75) is 64.2 Å². The minimum Gasteiger partial charge on any atom is -0.598 e. The number of nitrogens with one attached hydrogen (secondary N) is 2. The third-order valence-corrected chi connectivity index (χ3v) is 6.30. The van der Waals surface area contributed by atoms with Gasteiger partial charge in [0.2, 0.25) is 0 Å². The highest BCUT2D eigenvalue weighted by molar-refractivity contribution is 7.90. The van der Waals surface area contributed by atoms with Gasteiger partial charge in [0.1, 0.15) is 4.75 Å². The van der Waals surface area contributed by atoms with Crippen LogP contribution in [-0.2, 0) is 11.4 Å². The Morgan fingerprint density at radius 1 is 1.22 bits per heavy atom. The standard InChI is InChI=1S/C14H28N2OS/c1-11-5-6-14(7-9-15-10-8-14)12(11)16-18(17)13(2,3)4/h11-12,15-16H,5-10H2,1-4H3/t11-,12-,18-/m1/s1. The van der Waals surface area contributed by atoms with Crippen LogP contribution in [0.5, 0.6) is 0 Å². The second kappa shape index (κ2) is 5.31. The molecule has 2 rings (SSSR count). The van der Waals surface area contributed by atoms with Gasteiger partial charge in [-0.3, -0.25) is 0 Å². The van der Waals surface area contributed by atoms with Crippen LogP contribution in [0, 0.1) is 11.3 Å². The molecule has 0 aromatic carbocycles. The fourth-order valence-corrected chi connectivity index (χ4v) is 4.53. The lowest BCUT2D eigenvalue weighted by atomic mass is 9.74. The summed E-state index contributed by atoms with van der Waals surface area (Å²) in [6, 6.07) is 0.430. The van der Waals surface area contributed by atoms with Crippen LogP contribution < -0.4 is 10.0 Å². The maximum absolute atomic E-state index is 12.4. The first-order chi connectivity index (χ1) is 8.35. The van der Waals surface area contributed by atoms with Crippen molar-refractivity contribution >= 4 is 11.4 Å². The van der Waals surface area contributed by atoms with Crippen molar-refractivity contribution < 1.29 is 4.55 Å². The molecular weight excluding hydrogens is 244 g/mol. The van der Waals surface area contributed by atoms with Crippen LogP contribution in [0.25, 0.3) is 0 Å². The lowest BCUT2D eigenvalue weighted by Gasteiger charge is -2.41. The Balaban J connectivity index is 2.08. The highest BCUT2D eigenvalue weighted by Gasteiger charge is 2.49. The fourth-order valence-electron chi connectivity index (χ4n) is 3.46. The summed E-state index contributed by atoms with van der Waals surface area (Å²) in [6.45, 7) is 10.7. The Morgan fingerprint density at radius 2 is 1.83 bits per heavy atom. The lowest BCUT2D eigenvalue weighted by molar-refractivity contribution is 0.162. The van der Waals surface area contributed by atoms with Gasteiger partial charge < -0.3 is 9.87 Å². The van der Waals surface area contributed by atoms with Gasteiger partial charge in [0.25, 0.3) is 0 Å². The van der Waals surface area contributed by atoms with Crippen molar-refractivity contribution in [1.82, 2.24) is 10.0 Å². The van der Waals surface area contributed by atoms with Crippen LogP contribution in [0.1, 0.15) is 53.4 Å². The number of piperidine rings is 1. The Hall–Kier alpha value is 0.230. The minimum atomic E-state index is -0.946. The number of hydrogen-bond acceptors (Lipinski definition) is 3. The van der Waals surface area contributed by atoms with E-state index in [0.29, 0.717) is 17.4 Å². The zero-order valence-electron chi connectivity index (χ0n) is 12.2. The molecule has 1 aliphatic carbocycles. The topological polar surface area (TPSA) is 47.1 Å². The van der Waals surface area contributed by atoms with Gasteiger partial charge in [-0.15, -0.1) is 4.72 Å². The maximum atomic E-state index is 12.4. The molecule has 0 aromatic heterocycles. The molecule has 1 saturated carbocycles. The Kier molecular flexibility index (Phi) is 4.32. The lowest BCUT2D eigenvalue weighted by Crippen LogP contribution is -2.54. The van der Waals surface area contributed by atoms with Crippen molar-refractivity contribution in [2.75, 3.05) is 13.1 Å².